The molecule has 0 heterocycles. The Morgan fingerprint density at radius 3 is 2.65 bits per heavy atom. The molecular formula is C12H20F2N2O. The standard InChI is InChI=1S/C12H20F2N2O/c13-12(14)4-3-9(6-12)11(17)16-7-8-1-2-10(15)5-8/h8-10H,1-7,15H2,(H,16,17). The summed E-state index contributed by atoms with van der Waals surface area (Å²) in [4.78, 5) is 11.7. The van der Waals surface area contributed by atoms with Gasteiger partial charge >= 0.3 is 0 Å². The number of nitrogens with one attached hydrogen (secondary N) is 1. The molecule has 5 heteroatoms. The minimum Gasteiger partial charge on any atom is -0.356 e. The van der Waals surface area contributed by atoms with Gasteiger partial charge in [-0.25, -0.2) is 8.78 Å². The molecule has 0 saturated heterocycles. The van der Waals surface area contributed by atoms with E-state index < -0.39 is 11.8 Å². The lowest BCUT2D eigenvalue weighted by molar-refractivity contribution is -0.126. The van der Waals surface area contributed by atoms with E-state index in [1.807, 2.05) is 0 Å². The number of rotatable bonds is 3. The molecule has 0 aromatic carbocycles. The highest BCUT2D eigenvalue weighted by atomic mass is 19.3. The molecule has 2 aliphatic rings. The number of alkyl halides is 2. The van der Waals surface area contributed by atoms with Gasteiger partial charge in [0.1, 0.15) is 0 Å². The molecular weight excluding hydrogens is 226 g/mol. The van der Waals surface area contributed by atoms with Crippen LogP contribution in [0.15, 0.2) is 0 Å². The summed E-state index contributed by atoms with van der Waals surface area (Å²) in [6.45, 7) is 0.592. The highest BCUT2D eigenvalue weighted by Crippen LogP contribution is 2.38. The van der Waals surface area contributed by atoms with Gasteiger partial charge in [-0.1, -0.05) is 0 Å². The number of nitrogens with two attached hydrogens (primary N) is 1. The van der Waals surface area contributed by atoms with Crippen LogP contribution >= 0.6 is 0 Å². The molecule has 1 amide bonds. The van der Waals surface area contributed by atoms with E-state index in [2.05, 4.69) is 5.32 Å². The third-order valence-corrected chi connectivity index (χ3v) is 3.92. The molecule has 2 aliphatic carbocycles. The van der Waals surface area contributed by atoms with Crippen LogP contribution in [-0.4, -0.2) is 24.4 Å². The van der Waals surface area contributed by atoms with Crippen molar-refractivity contribution in [3.05, 3.63) is 0 Å². The van der Waals surface area contributed by atoms with Crippen molar-refractivity contribution < 1.29 is 13.6 Å². The second-order valence-electron chi connectivity index (χ2n) is 5.48. The van der Waals surface area contributed by atoms with Crippen LogP contribution in [0.1, 0.15) is 38.5 Å². The monoisotopic (exact) mass is 246 g/mol. The highest BCUT2D eigenvalue weighted by Gasteiger charge is 2.42. The van der Waals surface area contributed by atoms with Crippen LogP contribution in [0.3, 0.4) is 0 Å². The van der Waals surface area contributed by atoms with Crippen molar-refractivity contribution in [2.45, 2.75) is 50.5 Å². The predicted molar refractivity (Wildman–Crippen MR) is 60.6 cm³/mol. The molecule has 3 N–H and O–H groups in total. The normalized spacial score (nSPS) is 36.1. The SMILES string of the molecule is NC1CCC(CNC(=O)C2CCC(F)(F)C2)C1. The van der Waals surface area contributed by atoms with E-state index in [9.17, 15) is 13.6 Å². The zero-order valence-corrected chi connectivity index (χ0v) is 9.92. The molecule has 2 rings (SSSR count). The maximum absolute atomic E-state index is 13.0. The smallest absolute Gasteiger partial charge is 0.248 e. The zero-order chi connectivity index (χ0) is 12.5. The molecule has 2 fully saturated rings. The van der Waals surface area contributed by atoms with E-state index in [1.54, 1.807) is 0 Å². The van der Waals surface area contributed by atoms with Crippen LogP contribution in [0, 0.1) is 11.8 Å². The fraction of sp³-hybridized carbons (Fsp3) is 0.917. The van der Waals surface area contributed by atoms with Crippen molar-refractivity contribution in [3.63, 3.8) is 0 Å². The number of hydrogen-bond donors (Lipinski definition) is 2. The van der Waals surface area contributed by atoms with Gasteiger partial charge in [0.15, 0.2) is 0 Å². The Labute approximate surface area is 100 Å². The number of carbonyl (C=O) groups excluding carboxylic acids is 1. The molecule has 0 aliphatic heterocycles. The molecule has 0 aromatic heterocycles. The van der Waals surface area contributed by atoms with Crippen molar-refractivity contribution in [2.75, 3.05) is 6.54 Å². The molecule has 3 atom stereocenters. The first-order chi connectivity index (χ1) is 7.96. The molecule has 0 bridgehead atoms. The van der Waals surface area contributed by atoms with Crippen LogP contribution in [-0.2, 0) is 4.79 Å². The van der Waals surface area contributed by atoms with E-state index in [4.69, 9.17) is 5.73 Å². The van der Waals surface area contributed by atoms with Gasteiger partial charge in [-0.2, -0.15) is 0 Å². The Kier molecular flexibility index (Phi) is 3.66. The number of carbonyl (C=O) groups is 1. The fourth-order valence-corrected chi connectivity index (χ4v) is 2.86. The number of amides is 1. The minimum atomic E-state index is -2.64. The topological polar surface area (TPSA) is 55.1 Å². The Hall–Kier alpha value is -0.710. The predicted octanol–water partition coefficient (Wildman–Crippen LogP) is 1.67. The molecule has 0 radical (unpaired) electrons. The van der Waals surface area contributed by atoms with E-state index >= 15 is 0 Å². The largest absolute Gasteiger partial charge is 0.356 e. The molecule has 17 heavy (non-hydrogen) atoms. The maximum atomic E-state index is 13.0. The molecule has 3 unspecified atom stereocenters. The molecule has 2 saturated carbocycles. The van der Waals surface area contributed by atoms with Crippen LogP contribution in [0.4, 0.5) is 8.78 Å². The summed E-state index contributed by atoms with van der Waals surface area (Å²) < 4.78 is 25.9. The van der Waals surface area contributed by atoms with E-state index in [1.165, 1.54) is 0 Å². The molecule has 98 valence electrons. The van der Waals surface area contributed by atoms with Gasteiger partial charge in [0.2, 0.25) is 11.8 Å². The average Bonchev–Trinajstić information content (AvgIpc) is 2.81. The van der Waals surface area contributed by atoms with Crippen LogP contribution in [0.25, 0.3) is 0 Å². The summed E-state index contributed by atoms with van der Waals surface area (Å²) >= 11 is 0. The van der Waals surface area contributed by atoms with Gasteiger partial charge < -0.3 is 11.1 Å². The fourth-order valence-electron chi connectivity index (χ4n) is 2.86. The summed E-state index contributed by atoms with van der Waals surface area (Å²) in [6, 6.07) is 0.243. The van der Waals surface area contributed by atoms with E-state index in [0.717, 1.165) is 19.3 Å². The summed E-state index contributed by atoms with van der Waals surface area (Å²) in [6.07, 6.45) is 2.83. The second kappa shape index (κ2) is 4.88. The molecule has 3 nitrogen and oxygen atoms in total. The van der Waals surface area contributed by atoms with E-state index in [0.29, 0.717) is 18.9 Å². The van der Waals surface area contributed by atoms with Gasteiger partial charge in [-0.05, 0) is 31.6 Å². The Bertz CT molecular complexity index is 296. The number of halogens is 2. The third kappa shape index (κ3) is 3.37. The lowest BCUT2D eigenvalue weighted by Gasteiger charge is -2.14. The molecule has 0 aromatic rings. The lowest BCUT2D eigenvalue weighted by Crippen LogP contribution is -2.33. The first-order valence-electron chi connectivity index (χ1n) is 6.37. The zero-order valence-electron chi connectivity index (χ0n) is 9.92. The van der Waals surface area contributed by atoms with Gasteiger partial charge in [-0.15, -0.1) is 0 Å². The highest BCUT2D eigenvalue weighted by molar-refractivity contribution is 5.79. The van der Waals surface area contributed by atoms with Crippen molar-refractivity contribution in [2.24, 2.45) is 17.6 Å². The van der Waals surface area contributed by atoms with Crippen LogP contribution in [0.5, 0.6) is 0 Å². The summed E-state index contributed by atoms with van der Waals surface area (Å²) in [7, 11) is 0. The quantitative estimate of drug-likeness (QED) is 0.795. The average molecular weight is 246 g/mol. The Balaban J connectivity index is 1.71. The van der Waals surface area contributed by atoms with Gasteiger partial charge in [0.05, 0.1) is 0 Å². The van der Waals surface area contributed by atoms with Crippen molar-refractivity contribution in [1.82, 2.24) is 5.32 Å². The van der Waals surface area contributed by atoms with Gasteiger partial charge in [0.25, 0.3) is 0 Å². The minimum absolute atomic E-state index is 0.153. The summed E-state index contributed by atoms with van der Waals surface area (Å²) in [5, 5.41) is 2.80. The Morgan fingerprint density at radius 2 is 2.12 bits per heavy atom. The first-order valence-corrected chi connectivity index (χ1v) is 6.37. The maximum Gasteiger partial charge on any atom is 0.248 e. The van der Waals surface area contributed by atoms with Gasteiger partial charge in [0, 0.05) is 31.3 Å². The van der Waals surface area contributed by atoms with Crippen LogP contribution in [0.2, 0.25) is 0 Å². The van der Waals surface area contributed by atoms with Crippen molar-refractivity contribution >= 4 is 5.91 Å². The number of hydrogen-bond acceptors (Lipinski definition) is 2. The van der Waals surface area contributed by atoms with E-state index in [-0.39, 0.29) is 24.8 Å². The summed E-state index contributed by atoms with van der Waals surface area (Å²) in [5.41, 5.74) is 5.78. The lowest BCUT2D eigenvalue weighted by atomic mass is 10.1. The molecule has 0 spiro atoms. The van der Waals surface area contributed by atoms with Crippen LogP contribution < -0.4 is 11.1 Å². The third-order valence-electron chi connectivity index (χ3n) is 3.92. The van der Waals surface area contributed by atoms with Crippen molar-refractivity contribution in [1.29, 1.82) is 0 Å². The summed E-state index contributed by atoms with van der Waals surface area (Å²) in [5.74, 6) is -2.92. The first kappa shape index (κ1) is 12.7. The van der Waals surface area contributed by atoms with Gasteiger partial charge in [-0.3, -0.25) is 4.79 Å². The second-order valence-corrected chi connectivity index (χ2v) is 5.48. The Morgan fingerprint density at radius 1 is 1.35 bits per heavy atom. The van der Waals surface area contributed by atoms with Crippen molar-refractivity contribution in [3.8, 4) is 0 Å².